The molecule has 116 valence electrons. The Morgan fingerprint density at radius 2 is 1.90 bits per heavy atom. The van der Waals surface area contributed by atoms with Crippen LogP contribution in [0.25, 0.3) is 0 Å². The molecular weight excluding hydrogens is 279 g/mol. The van der Waals surface area contributed by atoms with Crippen molar-refractivity contribution in [2.24, 2.45) is 0 Å². The largest absolute Gasteiger partial charge is 0.479 e. The lowest BCUT2D eigenvalue weighted by Crippen LogP contribution is -2.63. The van der Waals surface area contributed by atoms with E-state index in [1.807, 2.05) is 11.9 Å². The van der Waals surface area contributed by atoms with Crippen molar-refractivity contribution in [3.63, 3.8) is 0 Å². The molecule has 1 saturated carbocycles. The Bertz CT molecular complexity index is 385. The van der Waals surface area contributed by atoms with E-state index in [1.165, 1.54) is 5.32 Å². The molecule has 6 nitrogen and oxygen atoms in total. The van der Waals surface area contributed by atoms with E-state index in [0.717, 1.165) is 12.8 Å². The molecule has 0 aromatic rings. The minimum absolute atomic E-state index is 0.145. The number of hydrogen-bond acceptors (Lipinski definition) is 3. The first-order chi connectivity index (χ1) is 9.08. The first-order valence-electron chi connectivity index (χ1n) is 6.14. The topological polar surface area (TPSA) is 81.7 Å². The number of nitrogens with zero attached hydrogens (tertiary/aromatic N) is 1. The van der Waals surface area contributed by atoms with E-state index >= 15 is 0 Å². The molecule has 9 heteroatoms. The fourth-order valence-electron chi connectivity index (χ4n) is 1.56. The van der Waals surface area contributed by atoms with E-state index in [9.17, 15) is 22.8 Å². The van der Waals surface area contributed by atoms with Gasteiger partial charge in [0, 0.05) is 19.1 Å². The molecule has 1 unspecified atom stereocenters. The molecule has 0 bridgehead atoms. The van der Waals surface area contributed by atoms with Crippen molar-refractivity contribution in [2.45, 2.75) is 37.5 Å². The zero-order chi connectivity index (χ0) is 15.6. The molecule has 1 rings (SSSR count). The molecule has 0 spiro atoms. The number of carbonyl (C=O) groups is 2. The summed E-state index contributed by atoms with van der Waals surface area (Å²) < 4.78 is 37.9. The van der Waals surface area contributed by atoms with Crippen LogP contribution in [0.15, 0.2) is 0 Å². The number of aliphatic carboxylic acids is 1. The van der Waals surface area contributed by atoms with Crippen LogP contribution in [-0.2, 0) is 4.79 Å². The molecule has 0 aromatic heterocycles. The Hall–Kier alpha value is -1.51. The van der Waals surface area contributed by atoms with Crippen LogP contribution in [0.4, 0.5) is 18.0 Å². The number of carbonyl (C=O) groups excluding carboxylic acids is 1. The zero-order valence-electron chi connectivity index (χ0n) is 11.3. The molecule has 2 amide bonds. The van der Waals surface area contributed by atoms with Gasteiger partial charge in [0.15, 0.2) is 0 Å². The van der Waals surface area contributed by atoms with Crippen molar-refractivity contribution in [1.82, 2.24) is 15.5 Å². The number of carboxylic acids is 1. The first kappa shape index (κ1) is 16.5. The standard InChI is InChI=1S/C11H18F3N3O3/c1-10(8(18)19,11(12,13)14)16-9(20)15-5-6-17(2)7-3-4-7/h7H,3-6H2,1-2H3,(H,18,19)(H2,15,16,20). The maximum absolute atomic E-state index is 12.6. The summed E-state index contributed by atoms with van der Waals surface area (Å²) in [6, 6.07) is -0.684. The Labute approximate surface area is 114 Å². The highest BCUT2D eigenvalue weighted by molar-refractivity contribution is 5.86. The summed E-state index contributed by atoms with van der Waals surface area (Å²) in [5.41, 5.74) is -3.31. The molecule has 0 radical (unpaired) electrons. The van der Waals surface area contributed by atoms with Crippen LogP contribution < -0.4 is 10.6 Å². The van der Waals surface area contributed by atoms with Crippen molar-refractivity contribution in [3.8, 4) is 0 Å². The summed E-state index contributed by atoms with van der Waals surface area (Å²) in [5.74, 6) is -2.16. The molecule has 3 N–H and O–H groups in total. The van der Waals surface area contributed by atoms with Crippen molar-refractivity contribution in [2.75, 3.05) is 20.1 Å². The van der Waals surface area contributed by atoms with Crippen LogP contribution in [-0.4, -0.2) is 59.9 Å². The van der Waals surface area contributed by atoms with Crippen LogP contribution in [0.2, 0.25) is 0 Å². The summed E-state index contributed by atoms with van der Waals surface area (Å²) in [6.07, 6.45) is -2.93. The minimum atomic E-state index is -5.08. The quantitative estimate of drug-likeness (QED) is 0.677. The Morgan fingerprint density at radius 3 is 2.30 bits per heavy atom. The minimum Gasteiger partial charge on any atom is -0.479 e. The van der Waals surface area contributed by atoms with Gasteiger partial charge < -0.3 is 20.6 Å². The van der Waals surface area contributed by atoms with Crippen LogP contribution in [0.3, 0.4) is 0 Å². The number of amides is 2. The molecule has 0 aliphatic heterocycles. The van der Waals surface area contributed by atoms with E-state index in [0.29, 0.717) is 19.5 Å². The van der Waals surface area contributed by atoms with E-state index in [1.54, 1.807) is 0 Å². The van der Waals surface area contributed by atoms with Gasteiger partial charge in [0.2, 0.25) is 5.54 Å². The molecule has 20 heavy (non-hydrogen) atoms. The van der Waals surface area contributed by atoms with Crippen LogP contribution in [0.5, 0.6) is 0 Å². The van der Waals surface area contributed by atoms with Crippen molar-refractivity contribution in [1.29, 1.82) is 0 Å². The molecule has 0 aromatic carbocycles. The van der Waals surface area contributed by atoms with E-state index < -0.39 is 23.7 Å². The predicted molar refractivity (Wildman–Crippen MR) is 64.3 cm³/mol. The third-order valence-electron chi connectivity index (χ3n) is 3.28. The molecule has 0 saturated heterocycles. The van der Waals surface area contributed by atoms with Gasteiger partial charge >= 0.3 is 18.2 Å². The van der Waals surface area contributed by atoms with Crippen LogP contribution >= 0.6 is 0 Å². The third kappa shape index (κ3) is 3.99. The number of likely N-dealkylation sites (N-methyl/N-ethyl adjacent to an activating group) is 1. The predicted octanol–water partition coefficient (Wildman–Crippen LogP) is 0.785. The number of carboxylic acid groups (broad SMARTS) is 1. The fraction of sp³-hybridized carbons (Fsp3) is 0.818. The Kier molecular flexibility index (Phi) is 4.85. The SMILES string of the molecule is CN(CCNC(=O)NC(C)(C(=O)O)C(F)(F)F)C1CC1. The molecule has 1 fully saturated rings. The number of alkyl halides is 3. The van der Waals surface area contributed by atoms with Gasteiger partial charge in [-0.1, -0.05) is 0 Å². The number of hydrogen-bond donors (Lipinski definition) is 3. The second-order valence-electron chi connectivity index (χ2n) is 5.02. The van der Waals surface area contributed by atoms with Gasteiger partial charge in [0.1, 0.15) is 0 Å². The first-order valence-corrected chi connectivity index (χ1v) is 6.14. The highest BCUT2D eigenvalue weighted by atomic mass is 19.4. The second kappa shape index (κ2) is 5.86. The molecular formula is C11H18F3N3O3. The highest BCUT2D eigenvalue weighted by Crippen LogP contribution is 2.30. The smallest absolute Gasteiger partial charge is 0.422 e. The lowest BCUT2D eigenvalue weighted by atomic mass is 10.0. The number of rotatable bonds is 6. The van der Waals surface area contributed by atoms with Crippen molar-refractivity contribution in [3.05, 3.63) is 0 Å². The number of nitrogens with one attached hydrogen (secondary N) is 2. The summed E-state index contributed by atoms with van der Waals surface area (Å²) >= 11 is 0. The average Bonchev–Trinajstić information content (AvgIpc) is 3.10. The lowest BCUT2D eigenvalue weighted by molar-refractivity contribution is -0.203. The summed E-state index contributed by atoms with van der Waals surface area (Å²) in [6.45, 7) is 1.05. The van der Waals surface area contributed by atoms with Gasteiger partial charge in [-0.15, -0.1) is 0 Å². The highest BCUT2D eigenvalue weighted by Gasteiger charge is 2.58. The van der Waals surface area contributed by atoms with Crippen molar-refractivity contribution >= 4 is 12.0 Å². The van der Waals surface area contributed by atoms with Gasteiger partial charge in [0.25, 0.3) is 0 Å². The maximum Gasteiger partial charge on any atom is 0.422 e. The third-order valence-corrected chi connectivity index (χ3v) is 3.28. The van der Waals surface area contributed by atoms with Gasteiger partial charge in [-0.3, -0.25) is 0 Å². The van der Waals surface area contributed by atoms with Crippen LogP contribution in [0.1, 0.15) is 19.8 Å². The lowest BCUT2D eigenvalue weighted by Gasteiger charge is -2.28. The van der Waals surface area contributed by atoms with E-state index in [-0.39, 0.29) is 6.54 Å². The van der Waals surface area contributed by atoms with E-state index in [4.69, 9.17) is 5.11 Å². The average molecular weight is 297 g/mol. The molecule has 0 heterocycles. The summed E-state index contributed by atoms with van der Waals surface area (Å²) in [4.78, 5) is 24.1. The Morgan fingerprint density at radius 1 is 1.35 bits per heavy atom. The van der Waals surface area contributed by atoms with Gasteiger partial charge in [0.05, 0.1) is 0 Å². The van der Waals surface area contributed by atoms with Crippen LogP contribution in [0, 0.1) is 0 Å². The zero-order valence-corrected chi connectivity index (χ0v) is 11.3. The number of urea groups is 1. The Balaban J connectivity index is 2.44. The second-order valence-corrected chi connectivity index (χ2v) is 5.02. The molecule has 1 aliphatic rings. The fourth-order valence-corrected chi connectivity index (χ4v) is 1.56. The van der Waals surface area contributed by atoms with E-state index in [2.05, 4.69) is 5.32 Å². The summed E-state index contributed by atoms with van der Waals surface area (Å²) in [7, 11) is 1.86. The number of halogens is 3. The normalized spacial score (nSPS) is 18.5. The van der Waals surface area contributed by atoms with Gasteiger partial charge in [-0.2, -0.15) is 13.2 Å². The molecule has 1 atom stereocenters. The van der Waals surface area contributed by atoms with Gasteiger partial charge in [-0.25, -0.2) is 9.59 Å². The van der Waals surface area contributed by atoms with Gasteiger partial charge in [-0.05, 0) is 26.8 Å². The molecule has 1 aliphatic carbocycles. The monoisotopic (exact) mass is 297 g/mol. The summed E-state index contributed by atoms with van der Waals surface area (Å²) in [5, 5.41) is 12.3. The maximum atomic E-state index is 12.6. The van der Waals surface area contributed by atoms with Crippen molar-refractivity contribution < 1.29 is 27.9 Å².